The van der Waals surface area contributed by atoms with Gasteiger partial charge in [0.25, 0.3) is 8.32 Å². The molecule has 1 saturated carbocycles. The van der Waals surface area contributed by atoms with E-state index in [0.717, 1.165) is 22.4 Å². The first-order valence-electron chi connectivity index (χ1n) is 40.0. The molecule has 0 bridgehead atoms. The number of aliphatic hydroxyl groups is 6. The van der Waals surface area contributed by atoms with Crippen molar-refractivity contribution < 1.29 is 121 Å². The van der Waals surface area contributed by atoms with Crippen LogP contribution in [0.5, 0.6) is 0 Å². The van der Waals surface area contributed by atoms with Gasteiger partial charge in [0.15, 0.2) is 18.9 Å². The van der Waals surface area contributed by atoms with E-state index < -0.39 is 186 Å². The lowest BCUT2D eigenvalue weighted by molar-refractivity contribution is -0.315. The minimum atomic E-state index is -3.64. The average Bonchev–Trinajstić information content (AvgIpc) is 0.936. The van der Waals surface area contributed by atoms with Crippen molar-refractivity contribution >= 4 is 55.1 Å². The summed E-state index contributed by atoms with van der Waals surface area (Å²) in [6.45, 7) is 5.97. The maximum Gasteiger partial charge on any atom is 0.407 e. The summed E-state index contributed by atoms with van der Waals surface area (Å²) in [5.74, 6) is -0.662. The zero-order chi connectivity index (χ0) is 84.3. The lowest BCUT2D eigenvalue weighted by atomic mass is 9.83. The number of hydrogen-bond donors (Lipinski definition) is 12. The second kappa shape index (κ2) is 44.3. The number of carbonyl (C=O) groups is 6. The van der Waals surface area contributed by atoms with Crippen LogP contribution in [0.15, 0.2) is 212 Å². The van der Waals surface area contributed by atoms with Crippen LogP contribution in [0.25, 0.3) is 0 Å². The highest BCUT2D eigenvalue weighted by Gasteiger charge is 2.59. The van der Waals surface area contributed by atoms with Crippen molar-refractivity contribution in [2.45, 2.75) is 214 Å². The minimum absolute atomic E-state index is 0.0179. The topological polar surface area (TPSA) is 416 Å². The molecule has 6 amide bonds. The molecular formula is C87H108N6O25Si. The molecule has 11 rings (SSSR count). The summed E-state index contributed by atoms with van der Waals surface area (Å²) >= 11 is 0. The van der Waals surface area contributed by atoms with Gasteiger partial charge in [0, 0.05) is 26.1 Å². The van der Waals surface area contributed by atoms with Crippen molar-refractivity contribution in [1.82, 2.24) is 31.9 Å². The van der Waals surface area contributed by atoms with E-state index >= 15 is 0 Å². The van der Waals surface area contributed by atoms with Gasteiger partial charge in [-0.3, -0.25) is 4.79 Å². The van der Waals surface area contributed by atoms with Crippen LogP contribution < -0.4 is 42.3 Å². The second-order valence-electron chi connectivity index (χ2n) is 30.5. The monoisotopic (exact) mass is 1660 g/mol. The first-order chi connectivity index (χ1) is 57.5. The normalized spacial score (nSPS) is 26.2. The van der Waals surface area contributed by atoms with E-state index in [1.807, 2.05) is 94.4 Å². The van der Waals surface area contributed by atoms with E-state index in [9.17, 15) is 59.4 Å². The largest absolute Gasteiger partial charge is 0.445 e. The Balaban J connectivity index is 0.979. The van der Waals surface area contributed by atoms with Crippen molar-refractivity contribution in [3.8, 4) is 0 Å². The molecule has 7 aromatic carbocycles. The summed E-state index contributed by atoms with van der Waals surface area (Å²) in [5.41, 5.74) is 3.18. The highest BCUT2D eigenvalue weighted by molar-refractivity contribution is 6.99. The van der Waals surface area contributed by atoms with Gasteiger partial charge in [-0.05, 0) is 62.5 Å². The molecule has 3 saturated heterocycles. The van der Waals surface area contributed by atoms with Gasteiger partial charge in [-0.25, -0.2) is 24.0 Å². The third kappa shape index (κ3) is 25.1. The van der Waals surface area contributed by atoms with Crippen LogP contribution in [0.3, 0.4) is 0 Å². The predicted molar refractivity (Wildman–Crippen MR) is 432 cm³/mol. The van der Waals surface area contributed by atoms with Crippen molar-refractivity contribution in [1.29, 1.82) is 0 Å². The number of alkyl carbamates (subject to hydrolysis) is 5. The Morgan fingerprint density at radius 2 is 0.798 bits per heavy atom. The molecule has 32 heteroatoms. The van der Waals surface area contributed by atoms with Crippen molar-refractivity contribution in [2.24, 2.45) is 0 Å². The Morgan fingerprint density at radius 1 is 0.403 bits per heavy atom. The quantitative estimate of drug-likeness (QED) is 0.0117. The molecule has 1 aliphatic carbocycles. The maximum absolute atomic E-state index is 14.6. The van der Waals surface area contributed by atoms with Crippen molar-refractivity contribution in [3.63, 3.8) is 0 Å². The second-order valence-corrected chi connectivity index (χ2v) is 34.8. The van der Waals surface area contributed by atoms with E-state index in [1.54, 1.807) is 146 Å². The van der Waals surface area contributed by atoms with Gasteiger partial charge in [-0.1, -0.05) is 246 Å². The van der Waals surface area contributed by atoms with Gasteiger partial charge in [-0.2, -0.15) is 0 Å². The molecule has 640 valence electrons. The van der Waals surface area contributed by atoms with Crippen LogP contribution in [0.4, 0.5) is 24.0 Å². The van der Waals surface area contributed by atoms with Crippen LogP contribution in [0.1, 0.15) is 87.6 Å². The summed E-state index contributed by atoms with van der Waals surface area (Å²) in [5, 5.41) is 92.3. The number of aliphatic hydroxyl groups excluding tert-OH is 6. The molecule has 31 nitrogen and oxygen atoms in total. The number of benzene rings is 7. The van der Waals surface area contributed by atoms with E-state index in [0.29, 0.717) is 28.7 Å². The third-order valence-corrected chi connectivity index (χ3v) is 25.9. The molecule has 4 fully saturated rings. The molecule has 0 spiro atoms. The van der Waals surface area contributed by atoms with Gasteiger partial charge >= 0.3 is 30.5 Å². The third-order valence-electron chi connectivity index (χ3n) is 20.9. The molecule has 0 unspecified atom stereocenters. The van der Waals surface area contributed by atoms with Gasteiger partial charge in [0.05, 0.1) is 25.3 Å². The fourth-order valence-corrected chi connectivity index (χ4v) is 19.3. The molecule has 12 N–H and O–H groups in total. The summed E-state index contributed by atoms with van der Waals surface area (Å²) in [7, 11) is -3.64. The fourth-order valence-electron chi connectivity index (χ4n) is 14.7. The van der Waals surface area contributed by atoms with Crippen LogP contribution >= 0.6 is 0 Å². The zero-order valence-corrected chi connectivity index (χ0v) is 67.7. The summed E-state index contributed by atoms with van der Waals surface area (Å²) in [6, 6.07) is 56.5. The lowest BCUT2D eigenvalue weighted by Crippen LogP contribution is -2.70. The van der Waals surface area contributed by atoms with Crippen LogP contribution in [0.2, 0.25) is 5.04 Å². The summed E-state index contributed by atoms with van der Waals surface area (Å²) in [6.07, 6.45) is -31.7. The Hall–Kier alpha value is -9.98. The Morgan fingerprint density at radius 3 is 1.25 bits per heavy atom. The molecule has 119 heavy (non-hydrogen) atoms. The number of rotatable bonds is 36. The zero-order valence-electron chi connectivity index (χ0n) is 66.7. The van der Waals surface area contributed by atoms with Crippen molar-refractivity contribution in [2.75, 3.05) is 32.9 Å². The fraction of sp³-hybridized carbons (Fsp3) is 0.448. The van der Waals surface area contributed by atoms with Crippen LogP contribution in [-0.4, -0.2) is 225 Å². The number of amides is 6. The standard InChI is InChI=1S/C87H108N6O25Si/c1-5-6-45-106-53-65-72(97)74(99)69(93-86(105)111-52-59-37-22-11-23-38-59)80(114-65)116-76-63(91-84(103)109-50-57-33-18-9-19-34-57)46-62(90-67(94)43-28-44-88-82(101)107-48-55-29-14-7-15-30-55)70(95)78(76)118-81-75(100)77(66(115-81)54-112-119(87(2,3)4,60-39-24-12-25-40-60)61-41-26-13-27-42-61)117-79-68(92-85(104)110-51-58-35-20-10-21-36-58)73(98)71(96)64(113-79)47-89-83(102)108-49-56-31-16-8-17-32-56/h7-27,29-42,62-66,68-81,95-100H,5-6,28,43-54H2,1-4H3,(H,88,101)(H,89,102)(H,90,94)(H,91,103)(H,92,104)(H,93,105)/t62-,63+,64+,65-,66-,68-,69-,70+,71-,72-,73-,74-,75-,76-,77-,78-,79-,80-,81+/m1/s1. The van der Waals surface area contributed by atoms with E-state index in [-0.39, 0.29) is 65.6 Å². The Labute approximate surface area is 691 Å². The minimum Gasteiger partial charge on any atom is -0.445 e. The molecule has 0 radical (unpaired) electrons. The van der Waals surface area contributed by atoms with Crippen LogP contribution in [0, 0.1) is 0 Å². The first kappa shape index (κ1) is 89.8. The van der Waals surface area contributed by atoms with E-state index in [4.69, 9.17) is 61.3 Å². The number of hydrogen-bond acceptors (Lipinski definition) is 25. The van der Waals surface area contributed by atoms with Gasteiger partial charge in [0.2, 0.25) is 5.91 Å². The Bertz CT molecular complexity index is 4220. The number of nitrogens with one attached hydrogen (secondary N) is 6. The molecule has 3 heterocycles. The smallest absolute Gasteiger partial charge is 0.407 e. The first-order valence-corrected chi connectivity index (χ1v) is 41.9. The molecule has 3 aliphatic heterocycles. The maximum atomic E-state index is 14.6. The Kier molecular flexibility index (Phi) is 33.5. The molecule has 4 aliphatic rings. The van der Waals surface area contributed by atoms with Gasteiger partial charge in [0.1, 0.15) is 118 Å². The lowest BCUT2D eigenvalue weighted by Gasteiger charge is -2.49. The molecule has 0 aromatic heterocycles. The number of unbranched alkanes of at least 4 members (excludes halogenated alkanes) is 1. The van der Waals surface area contributed by atoms with Crippen LogP contribution in [-0.2, 0) is 99.1 Å². The molecule has 19 atom stereocenters. The average molecular weight is 1670 g/mol. The summed E-state index contributed by atoms with van der Waals surface area (Å²) in [4.78, 5) is 83.5. The van der Waals surface area contributed by atoms with Gasteiger partial charge in [-0.15, -0.1) is 0 Å². The highest BCUT2D eigenvalue weighted by atomic mass is 28.4. The number of ether oxygens (including phenoxy) is 12. The van der Waals surface area contributed by atoms with Crippen molar-refractivity contribution in [3.05, 3.63) is 240 Å². The summed E-state index contributed by atoms with van der Waals surface area (Å²) < 4.78 is 82.5. The molecular weight excluding hydrogens is 1560 g/mol. The number of carbonyl (C=O) groups excluding carboxylic acids is 6. The molecule has 7 aromatic rings. The van der Waals surface area contributed by atoms with Gasteiger partial charge < -0.3 is 124 Å². The predicted octanol–water partition coefficient (Wildman–Crippen LogP) is 6.28. The van der Waals surface area contributed by atoms with E-state index in [2.05, 4.69) is 31.9 Å². The highest BCUT2D eigenvalue weighted by Crippen LogP contribution is 2.41. The van der Waals surface area contributed by atoms with E-state index in [1.165, 1.54) is 0 Å². The SMILES string of the molecule is CCCCOC[C@H]1O[C@H](O[C@H]2[C@H](O[C@@H]3O[C@H](CO[Si](c4ccccc4)(c4ccccc4)C(C)(C)C)[C@@H](O[C@H]4O[C@@H](CNC(=O)OCc5ccccc5)[C@@H](O)[C@H](O)[C@H]4NC(=O)OCc4ccccc4)[C@H]3O)[C@@H](O)[C@H](NC(=O)CCCNC(=O)OCc3ccccc3)C[C@@H]2NC(=O)OCc2ccccc2)[C@H](NC(=O)OCc2ccccc2)[C@@H](O)[C@@H]1O.